The van der Waals surface area contributed by atoms with E-state index in [1.165, 1.54) is 0 Å². The summed E-state index contributed by atoms with van der Waals surface area (Å²) in [6.45, 7) is 5.85. The first-order chi connectivity index (χ1) is 9.52. The molecule has 2 aromatic rings. The number of para-hydroxylation sites is 1. The van der Waals surface area contributed by atoms with Crippen molar-refractivity contribution in [1.82, 2.24) is 0 Å². The minimum absolute atomic E-state index is 0.178. The van der Waals surface area contributed by atoms with Crippen LogP contribution in [0.15, 0.2) is 36.4 Å². The summed E-state index contributed by atoms with van der Waals surface area (Å²) >= 11 is 0. The third-order valence-electron chi connectivity index (χ3n) is 3.20. The van der Waals surface area contributed by atoms with Gasteiger partial charge in [0.1, 0.15) is 6.07 Å². The normalized spacial score (nSPS) is 9.90. The van der Waals surface area contributed by atoms with E-state index in [1.807, 2.05) is 32.9 Å². The topological polar surface area (TPSA) is 52.9 Å². The molecule has 0 aliphatic rings. The Kier molecular flexibility index (Phi) is 3.86. The molecular weight excluding hydrogens is 248 g/mol. The van der Waals surface area contributed by atoms with Gasteiger partial charge in [0.05, 0.1) is 11.3 Å². The summed E-state index contributed by atoms with van der Waals surface area (Å²) in [5, 5.41) is 11.9. The number of rotatable bonds is 2. The molecule has 3 nitrogen and oxygen atoms in total. The van der Waals surface area contributed by atoms with Crippen LogP contribution in [-0.4, -0.2) is 5.91 Å². The van der Waals surface area contributed by atoms with E-state index in [0.29, 0.717) is 16.8 Å². The number of anilines is 1. The first-order valence-electron chi connectivity index (χ1n) is 6.41. The van der Waals surface area contributed by atoms with Crippen molar-refractivity contribution in [1.29, 1.82) is 5.26 Å². The molecule has 1 N–H and O–H groups in total. The number of nitriles is 1. The van der Waals surface area contributed by atoms with Crippen LogP contribution in [0.25, 0.3) is 0 Å². The van der Waals surface area contributed by atoms with Gasteiger partial charge in [-0.15, -0.1) is 0 Å². The van der Waals surface area contributed by atoms with E-state index < -0.39 is 0 Å². The molecule has 0 aliphatic carbocycles. The third kappa shape index (κ3) is 2.70. The summed E-state index contributed by atoms with van der Waals surface area (Å²) in [4.78, 5) is 12.4. The lowest BCUT2D eigenvalue weighted by Crippen LogP contribution is -2.16. The SMILES string of the molecule is Cc1cc(C)c(C(=O)Nc2ccccc2C#N)c(C)c1. The molecule has 0 aromatic heterocycles. The van der Waals surface area contributed by atoms with Crippen molar-refractivity contribution < 1.29 is 4.79 Å². The molecule has 20 heavy (non-hydrogen) atoms. The number of carbonyl (C=O) groups is 1. The minimum Gasteiger partial charge on any atom is -0.321 e. The number of amides is 1. The molecule has 0 saturated carbocycles. The lowest BCUT2D eigenvalue weighted by molar-refractivity contribution is 0.102. The average Bonchev–Trinajstić information content (AvgIpc) is 2.38. The van der Waals surface area contributed by atoms with Gasteiger partial charge in [0.25, 0.3) is 5.91 Å². The van der Waals surface area contributed by atoms with Crippen molar-refractivity contribution in [3.8, 4) is 6.07 Å². The first-order valence-corrected chi connectivity index (χ1v) is 6.41. The fourth-order valence-electron chi connectivity index (χ4n) is 2.41. The van der Waals surface area contributed by atoms with Gasteiger partial charge in [-0.25, -0.2) is 0 Å². The number of benzene rings is 2. The Bertz CT molecular complexity index is 688. The molecule has 100 valence electrons. The molecule has 0 spiro atoms. The van der Waals surface area contributed by atoms with Gasteiger partial charge in [-0.2, -0.15) is 5.26 Å². The highest BCUT2D eigenvalue weighted by Crippen LogP contribution is 2.20. The quantitative estimate of drug-likeness (QED) is 0.898. The van der Waals surface area contributed by atoms with Crippen LogP contribution in [0, 0.1) is 32.1 Å². The van der Waals surface area contributed by atoms with Gasteiger partial charge in [-0.1, -0.05) is 29.8 Å². The van der Waals surface area contributed by atoms with Gasteiger partial charge in [0.15, 0.2) is 0 Å². The highest BCUT2D eigenvalue weighted by Gasteiger charge is 2.14. The molecule has 0 saturated heterocycles. The third-order valence-corrected chi connectivity index (χ3v) is 3.20. The molecule has 0 atom stereocenters. The van der Waals surface area contributed by atoms with Crippen LogP contribution >= 0.6 is 0 Å². The van der Waals surface area contributed by atoms with Gasteiger partial charge < -0.3 is 5.32 Å². The Morgan fingerprint density at radius 1 is 1.10 bits per heavy atom. The molecule has 0 bridgehead atoms. The van der Waals surface area contributed by atoms with Crippen LogP contribution < -0.4 is 5.32 Å². The molecule has 2 aromatic carbocycles. The summed E-state index contributed by atoms with van der Waals surface area (Å²) in [7, 11) is 0. The summed E-state index contributed by atoms with van der Waals surface area (Å²) in [6.07, 6.45) is 0. The maximum absolute atomic E-state index is 12.4. The number of hydrogen-bond acceptors (Lipinski definition) is 2. The number of nitrogens with zero attached hydrogens (tertiary/aromatic N) is 1. The van der Waals surface area contributed by atoms with Crippen LogP contribution in [0.5, 0.6) is 0 Å². The molecule has 0 aliphatic heterocycles. The molecule has 0 unspecified atom stereocenters. The minimum atomic E-state index is -0.178. The molecular formula is C17H16N2O. The molecule has 0 radical (unpaired) electrons. The second-order valence-electron chi connectivity index (χ2n) is 4.89. The Labute approximate surface area is 118 Å². The van der Waals surface area contributed by atoms with Gasteiger partial charge in [0.2, 0.25) is 0 Å². The summed E-state index contributed by atoms with van der Waals surface area (Å²) in [6, 6.07) is 13.0. The van der Waals surface area contributed by atoms with Gasteiger partial charge in [-0.05, 0) is 44.0 Å². The zero-order valence-corrected chi connectivity index (χ0v) is 11.8. The van der Waals surface area contributed by atoms with Crippen molar-refractivity contribution in [3.05, 3.63) is 64.2 Å². The van der Waals surface area contributed by atoms with Crippen molar-refractivity contribution >= 4 is 11.6 Å². The molecule has 2 rings (SSSR count). The Morgan fingerprint density at radius 3 is 2.30 bits per heavy atom. The highest BCUT2D eigenvalue weighted by molar-refractivity contribution is 6.06. The summed E-state index contributed by atoms with van der Waals surface area (Å²) in [5.41, 5.74) is 4.68. The Hall–Kier alpha value is -2.60. The summed E-state index contributed by atoms with van der Waals surface area (Å²) < 4.78 is 0. The van der Waals surface area contributed by atoms with Crippen LogP contribution in [0.3, 0.4) is 0 Å². The van der Waals surface area contributed by atoms with E-state index in [2.05, 4.69) is 11.4 Å². The predicted molar refractivity (Wildman–Crippen MR) is 79.8 cm³/mol. The lowest BCUT2D eigenvalue weighted by atomic mass is 9.99. The molecule has 0 heterocycles. The Balaban J connectivity index is 2.37. The molecule has 3 heteroatoms. The van der Waals surface area contributed by atoms with Crippen molar-refractivity contribution in [2.75, 3.05) is 5.32 Å². The smallest absolute Gasteiger partial charge is 0.256 e. The largest absolute Gasteiger partial charge is 0.321 e. The van der Waals surface area contributed by atoms with Crippen molar-refractivity contribution in [3.63, 3.8) is 0 Å². The van der Waals surface area contributed by atoms with Gasteiger partial charge in [0, 0.05) is 5.56 Å². The van der Waals surface area contributed by atoms with Crippen molar-refractivity contribution in [2.24, 2.45) is 0 Å². The van der Waals surface area contributed by atoms with Gasteiger partial charge in [-0.3, -0.25) is 4.79 Å². The number of hydrogen-bond donors (Lipinski definition) is 1. The van der Waals surface area contributed by atoms with E-state index in [9.17, 15) is 4.79 Å². The van der Waals surface area contributed by atoms with Crippen LogP contribution in [-0.2, 0) is 0 Å². The van der Waals surface area contributed by atoms with E-state index in [1.54, 1.807) is 24.3 Å². The molecule has 1 amide bonds. The zero-order chi connectivity index (χ0) is 14.7. The summed E-state index contributed by atoms with van der Waals surface area (Å²) in [5.74, 6) is -0.178. The number of aryl methyl sites for hydroxylation is 3. The van der Waals surface area contributed by atoms with Crippen LogP contribution in [0.1, 0.15) is 32.6 Å². The van der Waals surface area contributed by atoms with E-state index in [4.69, 9.17) is 5.26 Å². The van der Waals surface area contributed by atoms with Crippen molar-refractivity contribution in [2.45, 2.75) is 20.8 Å². The maximum Gasteiger partial charge on any atom is 0.256 e. The van der Waals surface area contributed by atoms with E-state index >= 15 is 0 Å². The van der Waals surface area contributed by atoms with Gasteiger partial charge >= 0.3 is 0 Å². The maximum atomic E-state index is 12.4. The first kappa shape index (κ1) is 13.8. The highest BCUT2D eigenvalue weighted by atomic mass is 16.1. The standard InChI is InChI=1S/C17H16N2O/c1-11-8-12(2)16(13(3)9-11)17(20)19-15-7-5-4-6-14(15)10-18/h4-9H,1-3H3,(H,19,20). The average molecular weight is 264 g/mol. The number of nitrogens with one attached hydrogen (secondary N) is 1. The lowest BCUT2D eigenvalue weighted by Gasteiger charge is -2.12. The van der Waals surface area contributed by atoms with Crippen LogP contribution in [0.2, 0.25) is 0 Å². The second kappa shape index (κ2) is 5.58. The predicted octanol–water partition coefficient (Wildman–Crippen LogP) is 3.74. The zero-order valence-electron chi connectivity index (χ0n) is 11.8. The van der Waals surface area contributed by atoms with E-state index in [0.717, 1.165) is 16.7 Å². The molecule has 0 fully saturated rings. The number of carbonyl (C=O) groups excluding carboxylic acids is 1. The fraction of sp³-hybridized carbons (Fsp3) is 0.176. The Morgan fingerprint density at radius 2 is 1.70 bits per heavy atom. The monoisotopic (exact) mass is 264 g/mol. The van der Waals surface area contributed by atoms with E-state index in [-0.39, 0.29) is 5.91 Å². The fourth-order valence-corrected chi connectivity index (χ4v) is 2.41. The second-order valence-corrected chi connectivity index (χ2v) is 4.89. The van der Waals surface area contributed by atoms with Crippen LogP contribution in [0.4, 0.5) is 5.69 Å².